The third kappa shape index (κ3) is 3.46. The van der Waals surface area contributed by atoms with Gasteiger partial charge in [-0.15, -0.1) is 0 Å². The van der Waals surface area contributed by atoms with E-state index in [1.165, 1.54) is 30.3 Å². The first kappa shape index (κ1) is 15.6. The zero-order valence-corrected chi connectivity index (χ0v) is 12.2. The van der Waals surface area contributed by atoms with Crippen LogP contribution in [0.1, 0.15) is 34.5 Å². The molecule has 0 aromatic heterocycles. The van der Waals surface area contributed by atoms with Crippen LogP contribution in [0.15, 0.2) is 42.5 Å². The summed E-state index contributed by atoms with van der Waals surface area (Å²) in [5.74, 6) is -0.767. The van der Waals surface area contributed by atoms with E-state index in [2.05, 4.69) is 5.32 Å². The lowest BCUT2D eigenvalue weighted by molar-refractivity contribution is -0.385. The third-order valence-electron chi connectivity index (χ3n) is 3.39. The number of hydrogen-bond donors (Lipinski definition) is 1. The second-order valence-corrected chi connectivity index (χ2v) is 5.01. The number of nitrogens with zero attached hydrogens (tertiary/aromatic N) is 1. The Morgan fingerprint density at radius 1 is 1.23 bits per heavy atom. The number of amides is 1. The molecule has 0 radical (unpaired) electrons. The fourth-order valence-electron chi connectivity index (χ4n) is 2.06. The standard InChI is InChI=1S/C16H15FN2O3/c1-10-3-4-13(9-15(10)19(21)22)16(20)18-11(2)12-5-7-14(17)8-6-12/h3-9,11H,1-2H3,(H,18,20). The second kappa shape index (κ2) is 6.34. The van der Waals surface area contributed by atoms with Crippen LogP contribution in [0.25, 0.3) is 0 Å². The minimum absolute atomic E-state index is 0.0953. The molecule has 5 nitrogen and oxygen atoms in total. The van der Waals surface area contributed by atoms with Gasteiger partial charge >= 0.3 is 0 Å². The normalized spacial score (nSPS) is 11.8. The van der Waals surface area contributed by atoms with Crippen molar-refractivity contribution in [2.45, 2.75) is 19.9 Å². The minimum atomic E-state index is -0.518. The first-order chi connectivity index (χ1) is 10.4. The van der Waals surface area contributed by atoms with Gasteiger partial charge in [-0.3, -0.25) is 14.9 Å². The van der Waals surface area contributed by atoms with Gasteiger partial charge in [0.1, 0.15) is 5.82 Å². The van der Waals surface area contributed by atoms with Crippen molar-refractivity contribution in [1.29, 1.82) is 0 Å². The Hall–Kier alpha value is -2.76. The molecule has 1 amide bonds. The van der Waals surface area contributed by atoms with Crippen molar-refractivity contribution in [2.75, 3.05) is 0 Å². The summed E-state index contributed by atoms with van der Waals surface area (Å²) in [7, 11) is 0. The maximum Gasteiger partial charge on any atom is 0.273 e. The maximum absolute atomic E-state index is 12.9. The third-order valence-corrected chi connectivity index (χ3v) is 3.39. The summed E-state index contributed by atoms with van der Waals surface area (Å²) in [5.41, 5.74) is 1.36. The molecule has 2 aromatic rings. The minimum Gasteiger partial charge on any atom is -0.346 e. The van der Waals surface area contributed by atoms with Gasteiger partial charge in [0.05, 0.1) is 11.0 Å². The molecular weight excluding hydrogens is 287 g/mol. The number of halogens is 1. The molecule has 0 spiro atoms. The van der Waals surface area contributed by atoms with Gasteiger partial charge in [-0.25, -0.2) is 4.39 Å². The van der Waals surface area contributed by atoms with Crippen LogP contribution < -0.4 is 5.32 Å². The van der Waals surface area contributed by atoms with Gasteiger partial charge in [0.25, 0.3) is 11.6 Å². The van der Waals surface area contributed by atoms with Gasteiger partial charge < -0.3 is 5.32 Å². The summed E-state index contributed by atoms with van der Waals surface area (Å²) in [6.45, 7) is 3.37. The number of nitro groups is 1. The molecule has 1 atom stereocenters. The van der Waals surface area contributed by atoms with Crippen LogP contribution in [0.5, 0.6) is 0 Å². The summed E-state index contributed by atoms with van der Waals surface area (Å²) in [4.78, 5) is 22.6. The van der Waals surface area contributed by atoms with E-state index in [4.69, 9.17) is 0 Å². The maximum atomic E-state index is 12.9. The van der Waals surface area contributed by atoms with E-state index in [1.807, 2.05) is 0 Å². The van der Waals surface area contributed by atoms with Crippen molar-refractivity contribution in [2.24, 2.45) is 0 Å². The Morgan fingerprint density at radius 3 is 2.45 bits per heavy atom. The van der Waals surface area contributed by atoms with E-state index in [1.54, 1.807) is 26.0 Å². The lowest BCUT2D eigenvalue weighted by Crippen LogP contribution is -2.26. The van der Waals surface area contributed by atoms with Crippen LogP contribution in [-0.4, -0.2) is 10.8 Å². The van der Waals surface area contributed by atoms with E-state index in [9.17, 15) is 19.3 Å². The lowest BCUT2D eigenvalue weighted by atomic mass is 10.1. The van der Waals surface area contributed by atoms with Crippen molar-refractivity contribution < 1.29 is 14.1 Å². The van der Waals surface area contributed by atoms with Crippen LogP contribution >= 0.6 is 0 Å². The average molecular weight is 302 g/mol. The average Bonchev–Trinajstić information content (AvgIpc) is 2.47. The smallest absolute Gasteiger partial charge is 0.273 e. The fourth-order valence-corrected chi connectivity index (χ4v) is 2.06. The van der Waals surface area contributed by atoms with Gasteiger partial charge in [0.15, 0.2) is 0 Å². The Morgan fingerprint density at radius 2 is 1.86 bits per heavy atom. The number of hydrogen-bond acceptors (Lipinski definition) is 3. The lowest BCUT2D eigenvalue weighted by Gasteiger charge is -2.14. The number of carbonyl (C=O) groups excluding carboxylic acids is 1. The Kier molecular flexibility index (Phi) is 4.50. The Labute approximate surface area is 126 Å². The quantitative estimate of drug-likeness (QED) is 0.693. The van der Waals surface area contributed by atoms with E-state index in [0.717, 1.165) is 5.56 Å². The molecule has 1 unspecified atom stereocenters. The largest absolute Gasteiger partial charge is 0.346 e. The second-order valence-electron chi connectivity index (χ2n) is 5.01. The molecule has 22 heavy (non-hydrogen) atoms. The summed E-state index contributed by atoms with van der Waals surface area (Å²) in [6.07, 6.45) is 0. The molecule has 0 fully saturated rings. The molecule has 0 heterocycles. The van der Waals surface area contributed by atoms with E-state index in [0.29, 0.717) is 5.56 Å². The predicted molar refractivity (Wildman–Crippen MR) is 80.1 cm³/mol. The van der Waals surface area contributed by atoms with Gasteiger partial charge in [-0.05, 0) is 37.6 Å². The van der Waals surface area contributed by atoms with Crippen LogP contribution in [-0.2, 0) is 0 Å². The molecule has 0 aliphatic rings. The molecule has 6 heteroatoms. The van der Waals surface area contributed by atoms with Crippen LogP contribution in [0, 0.1) is 22.9 Å². The summed E-state index contributed by atoms with van der Waals surface area (Å²) in [5, 5.41) is 13.6. The first-order valence-electron chi connectivity index (χ1n) is 6.70. The summed E-state index contributed by atoms with van der Waals surface area (Å²) in [6, 6.07) is 9.78. The number of rotatable bonds is 4. The molecular formula is C16H15FN2O3. The molecule has 0 saturated heterocycles. The van der Waals surface area contributed by atoms with Crippen LogP contribution in [0.4, 0.5) is 10.1 Å². The van der Waals surface area contributed by atoms with Gasteiger partial charge in [-0.2, -0.15) is 0 Å². The SMILES string of the molecule is Cc1ccc(C(=O)NC(C)c2ccc(F)cc2)cc1[N+](=O)[O-]. The molecule has 0 aliphatic heterocycles. The molecule has 2 rings (SSSR count). The zero-order chi connectivity index (χ0) is 16.3. The molecule has 0 aliphatic carbocycles. The van der Waals surface area contributed by atoms with Crippen molar-refractivity contribution in [3.8, 4) is 0 Å². The number of benzene rings is 2. The Bertz CT molecular complexity index is 714. The number of nitro benzene ring substituents is 1. The number of carbonyl (C=O) groups is 1. The van der Waals surface area contributed by atoms with Gasteiger partial charge in [-0.1, -0.05) is 18.2 Å². The van der Waals surface area contributed by atoms with Crippen molar-refractivity contribution >= 4 is 11.6 Å². The molecule has 114 valence electrons. The molecule has 0 saturated carbocycles. The van der Waals surface area contributed by atoms with Crippen molar-refractivity contribution in [1.82, 2.24) is 5.32 Å². The van der Waals surface area contributed by atoms with Gasteiger partial charge in [0, 0.05) is 17.2 Å². The van der Waals surface area contributed by atoms with Crippen LogP contribution in [0.2, 0.25) is 0 Å². The van der Waals surface area contributed by atoms with Gasteiger partial charge in [0.2, 0.25) is 0 Å². The highest BCUT2D eigenvalue weighted by molar-refractivity contribution is 5.95. The molecule has 1 N–H and O–H groups in total. The molecule has 0 bridgehead atoms. The highest BCUT2D eigenvalue weighted by Gasteiger charge is 2.16. The predicted octanol–water partition coefficient (Wildman–Crippen LogP) is 3.53. The monoisotopic (exact) mass is 302 g/mol. The Balaban J connectivity index is 2.16. The number of aryl methyl sites for hydroxylation is 1. The topological polar surface area (TPSA) is 72.2 Å². The highest BCUT2D eigenvalue weighted by Crippen LogP contribution is 2.20. The van der Waals surface area contributed by atoms with Crippen molar-refractivity contribution in [3.05, 3.63) is 75.1 Å². The summed E-state index contributed by atoms with van der Waals surface area (Å²) >= 11 is 0. The fraction of sp³-hybridized carbons (Fsp3) is 0.188. The summed E-state index contributed by atoms with van der Waals surface area (Å²) < 4.78 is 12.9. The first-order valence-corrected chi connectivity index (χ1v) is 6.70. The highest BCUT2D eigenvalue weighted by atomic mass is 19.1. The van der Waals surface area contributed by atoms with E-state index < -0.39 is 10.8 Å². The van der Waals surface area contributed by atoms with Crippen molar-refractivity contribution in [3.63, 3.8) is 0 Å². The molecule has 2 aromatic carbocycles. The van der Waals surface area contributed by atoms with Crippen LogP contribution in [0.3, 0.4) is 0 Å². The zero-order valence-electron chi connectivity index (χ0n) is 12.2. The van der Waals surface area contributed by atoms with E-state index >= 15 is 0 Å². The van der Waals surface area contributed by atoms with E-state index in [-0.39, 0.29) is 23.1 Å². The number of nitrogens with one attached hydrogen (secondary N) is 1.